The van der Waals surface area contributed by atoms with Gasteiger partial charge in [0.1, 0.15) is 11.6 Å². The van der Waals surface area contributed by atoms with Crippen molar-refractivity contribution in [3.63, 3.8) is 0 Å². The number of hydrogen-bond donors (Lipinski definition) is 1. The van der Waals surface area contributed by atoms with Crippen LogP contribution >= 0.6 is 0 Å². The molecule has 0 aliphatic carbocycles. The third-order valence-electron chi connectivity index (χ3n) is 3.06. The van der Waals surface area contributed by atoms with Crippen molar-refractivity contribution in [2.75, 3.05) is 32.2 Å². The molecule has 1 aromatic rings. The molecule has 0 bridgehead atoms. The molecule has 94 valence electrons. The molecule has 1 aliphatic rings. The first-order chi connectivity index (χ1) is 8.22. The molecule has 0 amide bonds. The fourth-order valence-corrected chi connectivity index (χ4v) is 2.11. The normalized spacial score (nSPS) is 19.6. The first-order valence-corrected chi connectivity index (χ1v) is 5.82. The second kappa shape index (κ2) is 5.42. The van der Waals surface area contributed by atoms with Crippen molar-refractivity contribution in [1.82, 2.24) is 10.3 Å². The highest BCUT2D eigenvalue weighted by Gasteiger charge is 2.23. The van der Waals surface area contributed by atoms with Gasteiger partial charge in [0.15, 0.2) is 0 Å². The zero-order valence-corrected chi connectivity index (χ0v) is 10.2. The van der Waals surface area contributed by atoms with E-state index in [1.54, 1.807) is 0 Å². The molecular weight excluding hydrogens is 221 g/mol. The molecule has 0 saturated carbocycles. The number of halogens is 1. The SMILES string of the molecule is CNCc1cc(F)cnc1N(C)C1CCOC1. The van der Waals surface area contributed by atoms with Gasteiger partial charge in [0.25, 0.3) is 0 Å². The Kier molecular flexibility index (Phi) is 3.91. The average molecular weight is 239 g/mol. The summed E-state index contributed by atoms with van der Waals surface area (Å²) in [5.74, 6) is 0.534. The van der Waals surface area contributed by atoms with E-state index in [9.17, 15) is 4.39 Å². The quantitative estimate of drug-likeness (QED) is 0.855. The molecule has 0 radical (unpaired) electrons. The third kappa shape index (κ3) is 2.73. The van der Waals surface area contributed by atoms with Gasteiger partial charge in [-0.3, -0.25) is 0 Å². The maximum Gasteiger partial charge on any atom is 0.141 e. The van der Waals surface area contributed by atoms with Crippen LogP contribution in [0.3, 0.4) is 0 Å². The minimum atomic E-state index is -0.296. The maximum absolute atomic E-state index is 13.2. The second-order valence-corrected chi connectivity index (χ2v) is 4.29. The van der Waals surface area contributed by atoms with Gasteiger partial charge in [0, 0.05) is 25.8 Å². The van der Waals surface area contributed by atoms with Gasteiger partial charge in [-0.05, 0) is 19.5 Å². The summed E-state index contributed by atoms with van der Waals surface area (Å²) in [6, 6.07) is 1.87. The Balaban J connectivity index is 2.23. The predicted molar refractivity (Wildman–Crippen MR) is 64.6 cm³/mol. The molecule has 2 rings (SSSR count). The number of pyridine rings is 1. The van der Waals surface area contributed by atoms with Gasteiger partial charge < -0.3 is 15.0 Å². The van der Waals surface area contributed by atoms with E-state index in [4.69, 9.17) is 4.74 Å². The first-order valence-electron chi connectivity index (χ1n) is 5.82. The van der Waals surface area contributed by atoms with Crippen LogP contribution in [0.2, 0.25) is 0 Å². The Bertz CT molecular complexity index is 380. The lowest BCUT2D eigenvalue weighted by Gasteiger charge is -2.26. The van der Waals surface area contributed by atoms with Crippen molar-refractivity contribution < 1.29 is 9.13 Å². The third-order valence-corrected chi connectivity index (χ3v) is 3.06. The van der Waals surface area contributed by atoms with E-state index in [1.807, 2.05) is 14.1 Å². The van der Waals surface area contributed by atoms with Crippen LogP contribution in [0.1, 0.15) is 12.0 Å². The van der Waals surface area contributed by atoms with E-state index >= 15 is 0 Å². The van der Waals surface area contributed by atoms with Gasteiger partial charge in [0.2, 0.25) is 0 Å². The van der Waals surface area contributed by atoms with Crippen LogP contribution in [0.4, 0.5) is 10.2 Å². The summed E-state index contributed by atoms with van der Waals surface area (Å²) in [7, 11) is 3.83. The molecule has 2 heterocycles. The van der Waals surface area contributed by atoms with Crippen molar-refractivity contribution in [3.8, 4) is 0 Å². The molecule has 0 aromatic carbocycles. The standard InChI is InChI=1S/C12H18FN3O/c1-14-6-9-5-10(13)7-15-12(9)16(2)11-3-4-17-8-11/h5,7,11,14H,3-4,6,8H2,1-2H3. The molecule has 1 fully saturated rings. The molecule has 5 heteroatoms. The average Bonchev–Trinajstić information content (AvgIpc) is 2.82. The predicted octanol–water partition coefficient (Wildman–Crippen LogP) is 1.17. The smallest absolute Gasteiger partial charge is 0.141 e. The van der Waals surface area contributed by atoms with E-state index in [0.29, 0.717) is 19.2 Å². The molecule has 1 N–H and O–H groups in total. The van der Waals surface area contributed by atoms with E-state index < -0.39 is 0 Å². The van der Waals surface area contributed by atoms with Crippen LogP contribution in [0.5, 0.6) is 0 Å². The highest BCUT2D eigenvalue weighted by Crippen LogP contribution is 2.22. The van der Waals surface area contributed by atoms with E-state index in [-0.39, 0.29) is 5.82 Å². The number of hydrogen-bond acceptors (Lipinski definition) is 4. The molecule has 1 atom stereocenters. The Morgan fingerprint density at radius 3 is 3.12 bits per heavy atom. The fraction of sp³-hybridized carbons (Fsp3) is 0.583. The maximum atomic E-state index is 13.2. The van der Waals surface area contributed by atoms with Crippen LogP contribution in [0, 0.1) is 5.82 Å². The molecule has 1 aromatic heterocycles. The Labute approximate surface area is 101 Å². The lowest BCUT2D eigenvalue weighted by atomic mass is 10.2. The van der Waals surface area contributed by atoms with Crippen molar-refractivity contribution in [2.45, 2.75) is 19.0 Å². The zero-order valence-electron chi connectivity index (χ0n) is 10.2. The largest absolute Gasteiger partial charge is 0.379 e. The Morgan fingerprint density at radius 2 is 2.47 bits per heavy atom. The molecule has 1 unspecified atom stereocenters. The number of aromatic nitrogens is 1. The summed E-state index contributed by atoms with van der Waals surface area (Å²) >= 11 is 0. The van der Waals surface area contributed by atoms with Crippen LogP contribution in [-0.4, -0.2) is 38.3 Å². The van der Waals surface area contributed by atoms with Gasteiger partial charge in [-0.25, -0.2) is 9.37 Å². The summed E-state index contributed by atoms with van der Waals surface area (Å²) in [4.78, 5) is 6.28. The topological polar surface area (TPSA) is 37.4 Å². The van der Waals surface area contributed by atoms with Gasteiger partial charge in [-0.1, -0.05) is 0 Å². The zero-order chi connectivity index (χ0) is 12.3. The monoisotopic (exact) mass is 239 g/mol. The van der Waals surface area contributed by atoms with Crippen LogP contribution in [0.25, 0.3) is 0 Å². The van der Waals surface area contributed by atoms with Crippen molar-refractivity contribution in [1.29, 1.82) is 0 Å². The summed E-state index contributed by atoms with van der Waals surface area (Å²) in [6.45, 7) is 2.12. The Hall–Kier alpha value is -1.20. The minimum Gasteiger partial charge on any atom is -0.379 e. The number of anilines is 1. The molecule has 0 spiro atoms. The number of likely N-dealkylation sites (N-methyl/N-ethyl adjacent to an activating group) is 1. The van der Waals surface area contributed by atoms with Gasteiger partial charge in [-0.15, -0.1) is 0 Å². The summed E-state index contributed by atoms with van der Waals surface area (Å²) in [6.07, 6.45) is 2.26. The number of nitrogens with one attached hydrogen (secondary N) is 1. The molecule has 1 saturated heterocycles. The van der Waals surface area contributed by atoms with Gasteiger partial charge in [-0.2, -0.15) is 0 Å². The van der Waals surface area contributed by atoms with Crippen molar-refractivity contribution in [2.24, 2.45) is 0 Å². The lowest BCUT2D eigenvalue weighted by molar-refractivity contribution is 0.193. The molecule has 1 aliphatic heterocycles. The van der Waals surface area contributed by atoms with E-state index in [0.717, 1.165) is 24.4 Å². The summed E-state index contributed by atoms with van der Waals surface area (Å²) < 4.78 is 18.5. The number of nitrogens with zero attached hydrogens (tertiary/aromatic N) is 2. The van der Waals surface area contributed by atoms with E-state index in [2.05, 4.69) is 15.2 Å². The van der Waals surface area contributed by atoms with Crippen LogP contribution in [-0.2, 0) is 11.3 Å². The lowest BCUT2D eigenvalue weighted by Crippen LogP contribution is -2.33. The Morgan fingerprint density at radius 1 is 1.65 bits per heavy atom. The second-order valence-electron chi connectivity index (χ2n) is 4.29. The molecule has 17 heavy (non-hydrogen) atoms. The highest BCUT2D eigenvalue weighted by molar-refractivity contribution is 5.47. The molecular formula is C12H18FN3O. The molecule has 4 nitrogen and oxygen atoms in total. The van der Waals surface area contributed by atoms with Gasteiger partial charge >= 0.3 is 0 Å². The highest BCUT2D eigenvalue weighted by atomic mass is 19.1. The van der Waals surface area contributed by atoms with Crippen LogP contribution in [0.15, 0.2) is 12.3 Å². The van der Waals surface area contributed by atoms with Crippen molar-refractivity contribution in [3.05, 3.63) is 23.6 Å². The minimum absolute atomic E-state index is 0.296. The van der Waals surface area contributed by atoms with Crippen molar-refractivity contribution >= 4 is 5.82 Å². The number of ether oxygens (including phenoxy) is 1. The van der Waals surface area contributed by atoms with Gasteiger partial charge in [0.05, 0.1) is 18.8 Å². The number of rotatable bonds is 4. The fourth-order valence-electron chi connectivity index (χ4n) is 2.11. The summed E-state index contributed by atoms with van der Waals surface area (Å²) in [5.41, 5.74) is 0.877. The van der Waals surface area contributed by atoms with Crippen LogP contribution < -0.4 is 10.2 Å². The first kappa shape index (κ1) is 12.3. The summed E-state index contributed by atoms with van der Waals surface area (Å²) in [5, 5.41) is 3.03. The van der Waals surface area contributed by atoms with E-state index in [1.165, 1.54) is 12.3 Å².